The van der Waals surface area contributed by atoms with E-state index in [1.807, 2.05) is 36.4 Å². The molecule has 6 aromatic carbocycles. The summed E-state index contributed by atoms with van der Waals surface area (Å²) in [7, 11) is 0. The van der Waals surface area contributed by atoms with Gasteiger partial charge in [0.2, 0.25) is 0 Å². The van der Waals surface area contributed by atoms with Gasteiger partial charge in [0.15, 0.2) is 0 Å². The maximum absolute atomic E-state index is 13.3. The van der Waals surface area contributed by atoms with Crippen molar-refractivity contribution < 1.29 is 4.89 Å². The number of benzene rings is 6. The summed E-state index contributed by atoms with van der Waals surface area (Å²) in [6, 6.07) is 54.4. The average molecular weight is 575 g/mol. The summed E-state index contributed by atoms with van der Waals surface area (Å²) in [5.74, 6) is 0. The van der Waals surface area contributed by atoms with Crippen LogP contribution < -0.4 is 15.9 Å². The van der Waals surface area contributed by atoms with Crippen LogP contribution in [0.3, 0.4) is 0 Å². The fourth-order valence-electron chi connectivity index (χ4n) is 8.23. The van der Waals surface area contributed by atoms with Crippen LogP contribution in [0, 0.1) is 0 Å². The quantitative estimate of drug-likeness (QED) is 0.212. The van der Waals surface area contributed by atoms with E-state index in [2.05, 4.69) is 136 Å². The van der Waals surface area contributed by atoms with Gasteiger partial charge in [0, 0.05) is 0 Å². The molecule has 8 rings (SSSR count). The fraction of sp³-hybridized carbons (Fsp3) is 0.122. The fourth-order valence-corrected chi connectivity index (χ4v) is 11.8. The predicted molar refractivity (Wildman–Crippen MR) is 183 cm³/mol. The third-order valence-electron chi connectivity index (χ3n) is 10.4. The zero-order valence-electron chi connectivity index (χ0n) is 24.8. The van der Waals surface area contributed by atoms with Crippen LogP contribution in [0.1, 0.15) is 47.2 Å². The van der Waals surface area contributed by atoms with Gasteiger partial charge in [-0.2, -0.15) is 0 Å². The van der Waals surface area contributed by atoms with E-state index in [9.17, 15) is 4.89 Å². The Morgan fingerprint density at radius 2 is 0.837 bits per heavy atom. The number of hydrogen-bond acceptors (Lipinski definition) is 1. The summed E-state index contributed by atoms with van der Waals surface area (Å²) in [5.41, 5.74) is 9.90. The number of rotatable bonds is 3. The van der Waals surface area contributed by atoms with Crippen LogP contribution in [0.2, 0.25) is 0 Å². The first-order valence-electron chi connectivity index (χ1n) is 15.1. The molecular formula is C41H35OP. The van der Waals surface area contributed by atoms with E-state index in [1.54, 1.807) is 0 Å². The standard InChI is InChI=1S/C41H35OP/c1-40(2)36-22-12-14-24-38(36)41(39-25-15-13-23-37(39)40)34-21-11-10-20-32(34)33-28-31(26-27-35(33)41)43(3,42,29-16-6-4-7-17-29)30-18-8-5-9-19-30/h4-28,42H,1-3H3. The Kier molecular flexibility index (Phi) is 5.43. The Balaban J connectivity index is 1.49. The van der Waals surface area contributed by atoms with Crippen molar-refractivity contribution in [1.29, 1.82) is 0 Å². The van der Waals surface area contributed by atoms with Gasteiger partial charge in [-0.15, -0.1) is 0 Å². The summed E-state index contributed by atoms with van der Waals surface area (Å²) < 4.78 is 0. The Bertz CT molecular complexity index is 1950. The van der Waals surface area contributed by atoms with Gasteiger partial charge >= 0.3 is 255 Å². The van der Waals surface area contributed by atoms with Crippen LogP contribution in [0.5, 0.6) is 0 Å². The molecule has 1 nitrogen and oxygen atoms in total. The van der Waals surface area contributed by atoms with E-state index in [-0.39, 0.29) is 5.41 Å². The zero-order chi connectivity index (χ0) is 29.5. The maximum atomic E-state index is 13.3. The molecule has 2 aliphatic rings. The van der Waals surface area contributed by atoms with Crippen LogP contribution >= 0.6 is 6.83 Å². The van der Waals surface area contributed by atoms with Gasteiger partial charge in [0.25, 0.3) is 0 Å². The van der Waals surface area contributed by atoms with E-state index in [0.717, 1.165) is 15.9 Å². The van der Waals surface area contributed by atoms with E-state index in [4.69, 9.17) is 0 Å². The second-order valence-electron chi connectivity index (χ2n) is 12.9. The molecular weight excluding hydrogens is 539 g/mol. The Morgan fingerprint density at radius 3 is 1.37 bits per heavy atom. The van der Waals surface area contributed by atoms with Crippen LogP contribution in [0.15, 0.2) is 152 Å². The molecule has 2 heteroatoms. The summed E-state index contributed by atoms with van der Waals surface area (Å²) in [6.07, 6.45) is 0. The molecule has 1 spiro atoms. The van der Waals surface area contributed by atoms with Crippen molar-refractivity contribution in [3.63, 3.8) is 0 Å². The number of fused-ring (bicyclic) bond motifs is 9. The van der Waals surface area contributed by atoms with Crippen molar-refractivity contribution >= 4 is 22.7 Å². The second-order valence-corrected chi connectivity index (χ2v) is 17.5. The minimum atomic E-state index is -3.79. The molecule has 0 aliphatic heterocycles. The van der Waals surface area contributed by atoms with Crippen LogP contribution in [-0.4, -0.2) is 11.6 Å². The van der Waals surface area contributed by atoms with Gasteiger partial charge in [-0.1, -0.05) is 0 Å². The molecule has 0 unspecified atom stereocenters. The molecule has 0 radical (unpaired) electrons. The molecule has 0 atom stereocenters. The molecule has 1 N–H and O–H groups in total. The van der Waals surface area contributed by atoms with Gasteiger partial charge in [-0.05, 0) is 0 Å². The van der Waals surface area contributed by atoms with Crippen molar-refractivity contribution in [2.75, 3.05) is 6.66 Å². The Morgan fingerprint density at radius 1 is 0.419 bits per heavy atom. The van der Waals surface area contributed by atoms with Crippen LogP contribution in [0.25, 0.3) is 11.1 Å². The Labute approximate surface area is 254 Å². The molecule has 0 heterocycles. The van der Waals surface area contributed by atoms with Crippen LogP contribution in [0.4, 0.5) is 0 Å². The van der Waals surface area contributed by atoms with Gasteiger partial charge < -0.3 is 0 Å². The van der Waals surface area contributed by atoms with Crippen molar-refractivity contribution in [1.82, 2.24) is 0 Å². The summed E-state index contributed by atoms with van der Waals surface area (Å²) in [5, 5.41) is 2.92. The molecule has 0 fully saturated rings. The average Bonchev–Trinajstić information content (AvgIpc) is 3.35. The normalized spacial score (nSPS) is 16.3. The van der Waals surface area contributed by atoms with Gasteiger partial charge in [-0.3, -0.25) is 0 Å². The first kappa shape index (κ1) is 26.3. The van der Waals surface area contributed by atoms with Crippen LogP contribution in [-0.2, 0) is 10.8 Å². The van der Waals surface area contributed by atoms with E-state index in [0.29, 0.717) is 0 Å². The first-order valence-corrected chi connectivity index (χ1v) is 17.7. The monoisotopic (exact) mass is 574 g/mol. The summed E-state index contributed by atoms with van der Waals surface area (Å²) in [4.78, 5) is 13.3. The van der Waals surface area contributed by atoms with Gasteiger partial charge in [0.1, 0.15) is 0 Å². The second kappa shape index (κ2) is 8.87. The van der Waals surface area contributed by atoms with E-state index in [1.165, 1.54) is 44.5 Å². The minimum absolute atomic E-state index is 0.128. The third-order valence-corrected chi connectivity index (χ3v) is 15.1. The molecule has 0 amide bonds. The topological polar surface area (TPSA) is 20.2 Å². The first-order chi connectivity index (χ1) is 20.8. The zero-order valence-corrected chi connectivity index (χ0v) is 25.7. The Hall–Kier alpha value is -4.29. The summed E-state index contributed by atoms with van der Waals surface area (Å²) >= 11 is 0. The molecule has 0 bridgehead atoms. The molecule has 6 aromatic rings. The van der Waals surface area contributed by atoms with Gasteiger partial charge in [-0.25, -0.2) is 0 Å². The van der Waals surface area contributed by atoms with Gasteiger partial charge in [0.05, 0.1) is 0 Å². The number of hydrogen-bond donors (Lipinski definition) is 1. The van der Waals surface area contributed by atoms with E-state index < -0.39 is 12.2 Å². The molecule has 210 valence electrons. The molecule has 0 aromatic heterocycles. The SMILES string of the molecule is CC1(C)c2ccccc2C2(c3ccccc3-c3cc(P(C)(O)(c4ccccc4)c4ccccc4)ccc32)c2ccccc21. The van der Waals surface area contributed by atoms with Crippen molar-refractivity contribution in [2.24, 2.45) is 0 Å². The molecule has 0 saturated carbocycles. The predicted octanol–water partition coefficient (Wildman–Crippen LogP) is 8.06. The van der Waals surface area contributed by atoms with Crippen molar-refractivity contribution in [2.45, 2.75) is 24.7 Å². The molecule has 0 saturated heterocycles. The van der Waals surface area contributed by atoms with Crippen molar-refractivity contribution in [3.8, 4) is 11.1 Å². The van der Waals surface area contributed by atoms with E-state index >= 15 is 0 Å². The summed E-state index contributed by atoms with van der Waals surface area (Å²) in [6.45, 7) is 3.01. The molecule has 43 heavy (non-hydrogen) atoms. The van der Waals surface area contributed by atoms with Crippen molar-refractivity contribution in [3.05, 3.63) is 185 Å². The molecule has 2 aliphatic carbocycles. The third kappa shape index (κ3) is 3.25.